The number of carbonyl (C=O) groups is 2. The Kier molecular flexibility index (Phi) is 4.26. The Labute approximate surface area is 148 Å². The number of hydrogen-bond acceptors (Lipinski definition) is 4. The summed E-state index contributed by atoms with van der Waals surface area (Å²) in [6.45, 7) is 0.180. The van der Waals surface area contributed by atoms with Crippen LogP contribution < -0.4 is 5.14 Å². The van der Waals surface area contributed by atoms with E-state index in [0.29, 0.717) is 16.5 Å². The Morgan fingerprint density at radius 2 is 1.62 bits per heavy atom. The van der Waals surface area contributed by atoms with Gasteiger partial charge in [-0.3, -0.25) is 0 Å². The standard InChI is InChI=1S/C17H14N2O6S/c18-26(24,25)13-5-6-14-12(7-13)8-15(17(22)23)19(14)9-10-1-3-11(4-2-10)16(20)21/h1-8H,9H2,(H,20,21)(H,22,23)(H2,18,24,25). The van der Waals surface area contributed by atoms with Crippen LogP contribution in [-0.2, 0) is 16.6 Å². The van der Waals surface area contributed by atoms with Crippen LogP contribution in [-0.4, -0.2) is 35.1 Å². The van der Waals surface area contributed by atoms with Crippen LogP contribution in [0.3, 0.4) is 0 Å². The SMILES string of the molecule is NS(=O)(=O)c1ccc2c(c1)cc(C(=O)O)n2Cc1ccc(C(=O)O)cc1. The quantitative estimate of drug-likeness (QED) is 0.621. The number of benzene rings is 2. The van der Waals surface area contributed by atoms with Crippen LogP contribution in [0.5, 0.6) is 0 Å². The van der Waals surface area contributed by atoms with Gasteiger partial charge < -0.3 is 14.8 Å². The summed E-state index contributed by atoms with van der Waals surface area (Å²) in [5.74, 6) is -2.22. The smallest absolute Gasteiger partial charge is 0.352 e. The highest BCUT2D eigenvalue weighted by Gasteiger charge is 2.17. The molecule has 0 atom stereocenters. The fourth-order valence-corrected chi connectivity index (χ4v) is 3.26. The summed E-state index contributed by atoms with van der Waals surface area (Å²) in [7, 11) is -3.90. The highest BCUT2D eigenvalue weighted by Crippen LogP contribution is 2.24. The van der Waals surface area contributed by atoms with Gasteiger partial charge in [0, 0.05) is 17.4 Å². The third kappa shape index (κ3) is 3.30. The van der Waals surface area contributed by atoms with E-state index in [2.05, 4.69) is 0 Å². The van der Waals surface area contributed by atoms with Crippen molar-refractivity contribution in [2.45, 2.75) is 11.4 Å². The molecular weight excluding hydrogens is 360 g/mol. The number of aromatic carboxylic acids is 2. The molecule has 0 spiro atoms. The minimum absolute atomic E-state index is 0.0196. The predicted octanol–water partition coefficient (Wildman–Crippen LogP) is 1.73. The summed E-state index contributed by atoms with van der Waals surface area (Å²) in [4.78, 5) is 22.4. The number of fused-ring (bicyclic) bond motifs is 1. The average Bonchev–Trinajstić information content (AvgIpc) is 2.93. The average molecular weight is 374 g/mol. The monoisotopic (exact) mass is 374 g/mol. The molecule has 0 amide bonds. The van der Waals surface area contributed by atoms with E-state index >= 15 is 0 Å². The van der Waals surface area contributed by atoms with Crippen molar-refractivity contribution < 1.29 is 28.2 Å². The number of sulfonamides is 1. The van der Waals surface area contributed by atoms with Crippen LogP contribution in [0.1, 0.15) is 26.4 Å². The lowest BCUT2D eigenvalue weighted by Crippen LogP contribution is -2.12. The van der Waals surface area contributed by atoms with Crippen molar-refractivity contribution in [2.24, 2.45) is 5.14 Å². The normalized spacial score (nSPS) is 11.6. The van der Waals surface area contributed by atoms with E-state index in [0.717, 1.165) is 0 Å². The number of nitrogens with zero attached hydrogens (tertiary/aromatic N) is 1. The summed E-state index contributed by atoms with van der Waals surface area (Å²) < 4.78 is 24.5. The minimum Gasteiger partial charge on any atom is -0.478 e. The maximum Gasteiger partial charge on any atom is 0.352 e. The lowest BCUT2D eigenvalue weighted by atomic mass is 10.1. The zero-order chi connectivity index (χ0) is 19.1. The molecule has 2 aromatic carbocycles. The highest BCUT2D eigenvalue weighted by molar-refractivity contribution is 7.89. The molecular formula is C17H14N2O6S. The third-order valence-corrected chi connectivity index (χ3v) is 4.87. The summed E-state index contributed by atoms with van der Waals surface area (Å²) in [6, 6.07) is 11.6. The van der Waals surface area contributed by atoms with Crippen LogP contribution in [0.4, 0.5) is 0 Å². The lowest BCUT2D eigenvalue weighted by Gasteiger charge is -2.09. The number of hydrogen-bond donors (Lipinski definition) is 3. The van der Waals surface area contributed by atoms with Crippen molar-refractivity contribution in [1.29, 1.82) is 0 Å². The Bertz CT molecular complexity index is 1130. The Hall–Kier alpha value is -3.17. The molecule has 0 radical (unpaired) electrons. The topological polar surface area (TPSA) is 140 Å². The molecule has 3 aromatic rings. The van der Waals surface area contributed by atoms with Gasteiger partial charge in [-0.15, -0.1) is 0 Å². The molecule has 3 rings (SSSR count). The zero-order valence-corrected chi connectivity index (χ0v) is 14.1. The molecule has 0 bridgehead atoms. The molecule has 0 unspecified atom stereocenters. The van der Waals surface area contributed by atoms with Crippen molar-refractivity contribution in [1.82, 2.24) is 4.57 Å². The minimum atomic E-state index is -3.90. The van der Waals surface area contributed by atoms with Gasteiger partial charge in [-0.2, -0.15) is 0 Å². The molecule has 0 aliphatic rings. The predicted molar refractivity (Wildman–Crippen MR) is 92.8 cm³/mol. The second kappa shape index (κ2) is 6.28. The molecule has 8 nitrogen and oxygen atoms in total. The largest absolute Gasteiger partial charge is 0.478 e. The molecule has 9 heteroatoms. The van der Waals surface area contributed by atoms with E-state index in [1.165, 1.54) is 41.0 Å². The van der Waals surface area contributed by atoms with Gasteiger partial charge in [0.25, 0.3) is 0 Å². The molecule has 0 aliphatic heterocycles. The summed E-state index contributed by atoms with van der Waals surface area (Å²) in [5.41, 5.74) is 1.33. The molecule has 0 saturated carbocycles. The summed E-state index contributed by atoms with van der Waals surface area (Å²) in [6.07, 6.45) is 0. The first-order valence-electron chi connectivity index (χ1n) is 7.38. The van der Waals surface area contributed by atoms with Gasteiger partial charge >= 0.3 is 11.9 Å². The first kappa shape index (κ1) is 17.6. The molecule has 0 aliphatic carbocycles. The molecule has 26 heavy (non-hydrogen) atoms. The van der Waals surface area contributed by atoms with Crippen molar-refractivity contribution in [3.05, 3.63) is 65.4 Å². The van der Waals surface area contributed by atoms with Gasteiger partial charge in [0.2, 0.25) is 10.0 Å². The van der Waals surface area contributed by atoms with Crippen LogP contribution in [0.15, 0.2) is 53.4 Å². The molecule has 0 fully saturated rings. The second-order valence-corrected chi connectivity index (χ2v) is 7.25. The van der Waals surface area contributed by atoms with Crippen LogP contribution in [0, 0.1) is 0 Å². The van der Waals surface area contributed by atoms with Gasteiger partial charge in [0.05, 0.1) is 10.5 Å². The fraction of sp³-hybridized carbons (Fsp3) is 0.0588. The van der Waals surface area contributed by atoms with E-state index in [-0.39, 0.29) is 22.7 Å². The van der Waals surface area contributed by atoms with Gasteiger partial charge in [-0.1, -0.05) is 12.1 Å². The van der Waals surface area contributed by atoms with E-state index in [1.807, 2.05) is 0 Å². The molecule has 1 heterocycles. The molecule has 134 valence electrons. The lowest BCUT2D eigenvalue weighted by molar-refractivity contribution is 0.0680. The van der Waals surface area contributed by atoms with Gasteiger partial charge in [0.15, 0.2) is 0 Å². The number of primary sulfonamides is 1. The number of carboxylic acid groups (broad SMARTS) is 2. The van der Waals surface area contributed by atoms with E-state index in [9.17, 15) is 23.1 Å². The van der Waals surface area contributed by atoms with Gasteiger partial charge in [-0.25, -0.2) is 23.1 Å². The van der Waals surface area contributed by atoms with Crippen LogP contribution >= 0.6 is 0 Å². The zero-order valence-electron chi connectivity index (χ0n) is 13.3. The van der Waals surface area contributed by atoms with E-state index in [1.54, 1.807) is 12.1 Å². The summed E-state index contributed by atoms with van der Waals surface area (Å²) >= 11 is 0. The number of nitrogens with two attached hydrogens (primary N) is 1. The Morgan fingerprint density at radius 1 is 0.962 bits per heavy atom. The highest BCUT2D eigenvalue weighted by atomic mass is 32.2. The maximum absolute atomic E-state index is 11.6. The van der Waals surface area contributed by atoms with Crippen molar-refractivity contribution >= 4 is 32.9 Å². The second-order valence-electron chi connectivity index (χ2n) is 5.69. The molecule has 1 aromatic heterocycles. The van der Waals surface area contributed by atoms with Gasteiger partial charge in [0.1, 0.15) is 5.69 Å². The molecule has 0 saturated heterocycles. The van der Waals surface area contributed by atoms with E-state index in [4.69, 9.17) is 10.2 Å². The van der Waals surface area contributed by atoms with Gasteiger partial charge in [-0.05, 0) is 42.0 Å². The number of rotatable bonds is 5. The number of carboxylic acids is 2. The third-order valence-electron chi connectivity index (χ3n) is 3.96. The van der Waals surface area contributed by atoms with Crippen molar-refractivity contribution in [3.8, 4) is 0 Å². The Morgan fingerprint density at radius 3 is 2.15 bits per heavy atom. The number of aromatic nitrogens is 1. The fourth-order valence-electron chi connectivity index (χ4n) is 2.71. The van der Waals surface area contributed by atoms with Crippen molar-refractivity contribution in [3.63, 3.8) is 0 Å². The van der Waals surface area contributed by atoms with Crippen LogP contribution in [0.2, 0.25) is 0 Å². The Balaban J connectivity index is 2.10. The van der Waals surface area contributed by atoms with Crippen molar-refractivity contribution in [2.75, 3.05) is 0 Å². The first-order chi connectivity index (χ1) is 12.2. The van der Waals surface area contributed by atoms with Crippen LogP contribution in [0.25, 0.3) is 10.9 Å². The van der Waals surface area contributed by atoms with E-state index < -0.39 is 22.0 Å². The molecule has 4 N–H and O–H groups in total. The first-order valence-corrected chi connectivity index (χ1v) is 8.93. The summed E-state index contributed by atoms with van der Waals surface area (Å²) in [5, 5.41) is 23.9. The maximum atomic E-state index is 11.6.